The Morgan fingerprint density at radius 3 is 2.71 bits per heavy atom. The van der Waals surface area contributed by atoms with E-state index in [0.29, 0.717) is 23.3 Å². The summed E-state index contributed by atoms with van der Waals surface area (Å²) in [6, 6.07) is 6.47. The molecule has 0 bridgehead atoms. The standard InChI is InChI=1S/C13H15FN2O/c1-3-4-10(8-15)13(16)9-5-6-12(17-2)11(14)7-9/h5-7H,3-4,16H2,1-2H3/b13-10-. The molecule has 0 aromatic heterocycles. The molecule has 0 radical (unpaired) electrons. The molecule has 4 heteroatoms. The first-order valence-electron chi connectivity index (χ1n) is 5.36. The number of halogens is 1. The number of rotatable bonds is 4. The van der Waals surface area contributed by atoms with Crippen molar-refractivity contribution in [3.05, 3.63) is 35.2 Å². The molecule has 3 nitrogen and oxygen atoms in total. The van der Waals surface area contributed by atoms with Crippen molar-refractivity contribution in [3.63, 3.8) is 0 Å². The molecular formula is C13H15FN2O. The zero-order valence-corrected chi connectivity index (χ0v) is 9.96. The highest BCUT2D eigenvalue weighted by molar-refractivity contribution is 5.69. The van der Waals surface area contributed by atoms with E-state index in [1.54, 1.807) is 6.07 Å². The number of hydrogen-bond acceptors (Lipinski definition) is 3. The Morgan fingerprint density at radius 1 is 1.53 bits per heavy atom. The molecule has 0 aliphatic rings. The maximum absolute atomic E-state index is 13.5. The van der Waals surface area contributed by atoms with Gasteiger partial charge in [-0.15, -0.1) is 0 Å². The molecule has 0 heterocycles. The van der Waals surface area contributed by atoms with E-state index in [-0.39, 0.29) is 5.75 Å². The number of benzene rings is 1. The van der Waals surface area contributed by atoms with Gasteiger partial charge in [-0.3, -0.25) is 0 Å². The van der Waals surface area contributed by atoms with Crippen LogP contribution in [0.25, 0.3) is 5.70 Å². The van der Waals surface area contributed by atoms with Gasteiger partial charge in [-0.25, -0.2) is 4.39 Å². The van der Waals surface area contributed by atoms with Gasteiger partial charge in [-0.2, -0.15) is 5.26 Å². The molecule has 0 atom stereocenters. The summed E-state index contributed by atoms with van der Waals surface area (Å²) in [4.78, 5) is 0. The lowest BCUT2D eigenvalue weighted by Crippen LogP contribution is -2.02. The van der Waals surface area contributed by atoms with Crippen molar-refractivity contribution < 1.29 is 9.13 Å². The fraction of sp³-hybridized carbons (Fsp3) is 0.308. The second kappa shape index (κ2) is 5.90. The minimum atomic E-state index is -0.485. The lowest BCUT2D eigenvalue weighted by atomic mass is 10.0. The third-order valence-electron chi connectivity index (χ3n) is 2.42. The van der Waals surface area contributed by atoms with E-state index in [9.17, 15) is 4.39 Å². The lowest BCUT2D eigenvalue weighted by Gasteiger charge is -2.07. The highest BCUT2D eigenvalue weighted by Gasteiger charge is 2.08. The van der Waals surface area contributed by atoms with Crippen LogP contribution >= 0.6 is 0 Å². The van der Waals surface area contributed by atoms with Crippen LogP contribution in [0.4, 0.5) is 4.39 Å². The molecule has 1 aromatic carbocycles. The first kappa shape index (κ1) is 13.0. The van der Waals surface area contributed by atoms with Crippen molar-refractivity contribution in [1.82, 2.24) is 0 Å². The molecule has 0 spiro atoms. The van der Waals surface area contributed by atoms with E-state index in [4.69, 9.17) is 15.7 Å². The van der Waals surface area contributed by atoms with E-state index in [0.717, 1.165) is 6.42 Å². The van der Waals surface area contributed by atoms with Gasteiger partial charge in [-0.1, -0.05) is 13.3 Å². The Labute approximate surface area is 100 Å². The summed E-state index contributed by atoms with van der Waals surface area (Å²) < 4.78 is 18.3. The molecule has 0 amide bonds. The summed E-state index contributed by atoms with van der Waals surface area (Å²) in [6.45, 7) is 1.96. The van der Waals surface area contributed by atoms with Crippen LogP contribution in [-0.4, -0.2) is 7.11 Å². The van der Waals surface area contributed by atoms with E-state index >= 15 is 0 Å². The summed E-state index contributed by atoms with van der Waals surface area (Å²) in [7, 11) is 1.40. The highest BCUT2D eigenvalue weighted by atomic mass is 19.1. The SMILES string of the molecule is CCC/C(C#N)=C(/N)c1ccc(OC)c(F)c1. The van der Waals surface area contributed by atoms with Crippen LogP contribution in [0.3, 0.4) is 0 Å². The van der Waals surface area contributed by atoms with Crippen molar-refractivity contribution in [2.45, 2.75) is 19.8 Å². The van der Waals surface area contributed by atoms with E-state index in [1.165, 1.54) is 19.2 Å². The Kier molecular flexibility index (Phi) is 4.53. The summed E-state index contributed by atoms with van der Waals surface area (Å²) in [6.07, 6.45) is 1.41. The molecule has 0 unspecified atom stereocenters. The molecule has 0 aliphatic heterocycles. The van der Waals surface area contributed by atoms with Crippen LogP contribution in [0, 0.1) is 17.1 Å². The summed E-state index contributed by atoms with van der Waals surface area (Å²) in [5, 5.41) is 8.95. The first-order valence-corrected chi connectivity index (χ1v) is 5.36. The second-order valence-corrected chi connectivity index (χ2v) is 3.60. The topological polar surface area (TPSA) is 59.0 Å². The van der Waals surface area contributed by atoms with Gasteiger partial charge in [0.05, 0.1) is 24.4 Å². The van der Waals surface area contributed by atoms with Crippen molar-refractivity contribution in [3.8, 4) is 11.8 Å². The van der Waals surface area contributed by atoms with Crippen LogP contribution < -0.4 is 10.5 Å². The maximum atomic E-state index is 13.5. The molecule has 2 N–H and O–H groups in total. The molecule has 0 saturated heterocycles. The van der Waals surface area contributed by atoms with Crippen LogP contribution in [0.1, 0.15) is 25.3 Å². The smallest absolute Gasteiger partial charge is 0.165 e. The Hall–Kier alpha value is -2.02. The number of nitrogens with zero attached hydrogens (tertiary/aromatic N) is 1. The predicted molar refractivity (Wildman–Crippen MR) is 64.6 cm³/mol. The van der Waals surface area contributed by atoms with Crippen LogP contribution in [0.15, 0.2) is 23.8 Å². The third kappa shape index (κ3) is 2.97. The van der Waals surface area contributed by atoms with Gasteiger partial charge in [0.2, 0.25) is 0 Å². The Bertz CT molecular complexity index is 475. The molecular weight excluding hydrogens is 219 g/mol. The highest BCUT2D eigenvalue weighted by Crippen LogP contribution is 2.23. The van der Waals surface area contributed by atoms with Crippen molar-refractivity contribution in [2.24, 2.45) is 5.73 Å². The van der Waals surface area contributed by atoms with Crippen molar-refractivity contribution in [2.75, 3.05) is 7.11 Å². The quantitative estimate of drug-likeness (QED) is 0.815. The minimum Gasteiger partial charge on any atom is -0.494 e. The second-order valence-electron chi connectivity index (χ2n) is 3.60. The van der Waals surface area contributed by atoms with E-state index in [1.807, 2.05) is 6.92 Å². The van der Waals surface area contributed by atoms with Crippen LogP contribution in [-0.2, 0) is 0 Å². The average Bonchev–Trinajstić information content (AvgIpc) is 2.35. The maximum Gasteiger partial charge on any atom is 0.165 e. The monoisotopic (exact) mass is 234 g/mol. The van der Waals surface area contributed by atoms with Crippen molar-refractivity contribution in [1.29, 1.82) is 5.26 Å². The van der Waals surface area contributed by atoms with E-state index in [2.05, 4.69) is 6.07 Å². The molecule has 1 aromatic rings. The molecule has 0 fully saturated rings. The number of methoxy groups -OCH3 is 1. The number of hydrogen-bond donors (Lipinski definition) is 1. The van der Waals surface area contributed by atoms with Crippen molar-refractivity contribution >= 4 is 5.70 Å². The van der Waals surface area contributed by atoms with Gasteiger partial charge in [0.1, 0.15) is 0 Å². The minimum absolute atomic E-state index is 0.163. The first-order chi connectivity index (χ1) is 8.13. The predicted octanol–water partition coefficient (Wildman–Crippen LogP) is 2.83. The lowest BCUT2D eigenvalue weighted by molar-refractivity contribution is 0.386. The fourth-order valence-corrected chi connectivity index (χ4v) is 1.51. The average molecular weight is 234 g/mol. The summed E-state index contributed by atoms with van der Waals surface area (Å²) in [5.74, 6) is -0.322. The number of nitrogens with two attached hydrogens (primary N) is 1. The number of ether oxygens (including phenoxy) is 1. The zero-order chi connectivity index (χ0) is 12.8. The zero-order valence-electron chi connectivity index (χ0n) is 9.96. The summed E-state index contributed by atoms with van der Waals surface area (Å²) >= 11 is 0. The third-order valence-corrected chi connectivity index (χ3v) is 2.42. The Morgan fingerprint density at radius 2 is 2.24 bits per heavy atom. The molecule has 90 valence electrons. The normalized spacial score (nSPS) is 11.6. The van der Waals surface area contributed by atoms with Crippen LogP contribution in [0.5, 0.6) is 5.75 Å². The van der Waals surface area contributed by atoms with Crippen LogP contribution in [0.2, 0.25) is 0 Å². The summed E-state index contributed by atoms with van der Waals surface area (Å²) in [5.41, 5.74) is 7.17. The van der Waals surface area contributed by atoms with E-state index < -0.39 is 5.82 Å². The molecule has 0 saturated carbocycles. The molecule has 17 heavy (non-hydrogen) atoms. The Balaban J connectivity index is 3.16. The van der Waals surface area contributed by atoms with Gasteiger partial charge in [0, 0.05) is 5.56 Å². The van der Waals surface area contributed by atoms with Gasteiger partial charge in [0.25, 0.3) is 0 Å². The number of allylic oxidation sites excluding steroid dienone is 1. The van der Waals surface area contributed by atoms with Gasteiger partial charge < -0.3 is 10.5 Å². The number of nitriles is 1. The molecule has 1 rings (SSSR count). The van der Waals surface area contributed by atoms with Gasteiger partial charge >= 0.3 is 0 Å². The molecule has 0 aliphatic carbocycles. The fourth-order valence-electron chi connectivity index (χ4n) is 1.51. The largest absolute Gasteiger partial charge is 0.494 e. The van der Waals surface area contributed by atoms with Gasteiger partial charge in [0.15, 0.2) is 11.6 Å². The van der Waals surface area contributed by atoms with Gasteiger partial charge in [-0.05, 0) is 24.6 Å².